The van der Waals surface area contributed by atoms with E-state index < -0.39 is 6.04 Å². The number of nitrogens with two attached hydrogens (primary N) is 1. The summed E-state index contributed by atoms with van der Waals surface area (Å²) in [4.78, 5) is 13.4. The molecule has 0 aromatic heterocycles. The number of amides is 1. The maximum Gasteiger partial charge on any atom is 0.243 e. The molecule has 0 saturated heterocycles. The smallest absolute Gasteiger partial charge is 0.243 e. The van der Waals surface area contributed by atoms with Crippen molar-refractivity contribution < 1.29 is 4.79 Å². The lowest BCUT2D eigenvalue weighted by atomic mass is 10.1. The van der Waals surface area contributed by atoms with Crippen LogP contribution < -0.4 is 10.6 Å². The van der Waals surface area contributed by atoms with Crippen molar-refractivity contribution in [2.45, 2.75) is 19.4 Å². The lowest BCUT2D eigenvalue weighted by Crippen LogP contribution is -2.41. The van der Waals surface area contributed by atoms with Crippen molar-refractivity contribution in [3.05, 3.63) is 42.5 Å². The fourth-order valence-corrected chi connectivity index (χ4v) is 1.42. The molecular weight excluding hydrogens is 200 g/mol. The van der Waals surface area contributed by atoms with E-state index in [2.05, 4.69) is 6.58 Å². The van der Waals surface area contributed by atoms with E-state index in [1.54, 1.807) is 18.0 Å². The van der Waals surface area contributed by atoms with Gasteiger partial charge in [-0.25, -0.2) is 0 Å². The summed E-state index contributed by atoms with van der Waals surface area (Å²) < 4.78 is 0. The fraction of sp³-hybridized carbons (Fsp3) is 0.308. The van der Waals surface area contributed by atoms with Crippen LogP contribution in [0.25, 0.3) is 0 Å². The molecule has 3 nitrogen and oxygen atoms in total. The molecular formula is C13H18N2O. The van der Waals surface area contributed by atoms with Crippen molar-refractivity contribution in [1.82, 2.24) is 0 Å². The zero-order valence-corrected chi connectivity index (χ0v) is 9.81. The Balaban J connectivity index is 2.77. The highest BCUT2D eigenvalue weighted by atomic mass is 16.2. The Kier molecular flexibility index (Phi) is 4.26. The highest BCUT2D eigenvalue weighted by Gasteiger charge is 2.17. The summed E-state index contributed by atoms with van der Waals surface area (Å²) in [5, 5.41) is 0. The molecule has 1 unspecified atom stereocenters. The molecule has 0 spiro atoms. The quantitative estimate of drug-likeness (QED) is 0.784. The zero-order chi connectivity index (χ0) is 12.1. The van der Waals surface area contributed by atoms with Gasteiger partial charge in [0.1, 0.15) is 0 Å². The molecule has 0 saturated carbocycles. The average molecular weight is 218 g/mol. The number of hydrogen-bond acceptors (Lipinski definition) is 2. The van der Waals surface area contributed by atoms with E-state index in [9.17, 15) is 4.79 Å². The van der Waals surface area contributed by atoms with Crippen LogP contribution in [0.4, 0.5) is 5.69 Å². The van der Waals surface area contributed by atoms with Gasteiger partial charge < -0.3 is 10.6 Å². The maximum absolute atomic E-state index is 11.9. The summed E-state index contributed by atoms with van der Waals surface area (Å²) >= 11 is 0. The van der Waals surface area contributed by atoms with Gasteiger partial charge in [0, 0.05) is 12.7 Å². The van der Waals surface area contributed by atoms with E-state index >= 15 is 0 Å². The molecule has 0 bridgehead atoms. The van der Waals surface area contributed by atoms with Gasteiger partial charge in [0.15, 0.2) is 0 Å². The summed E-state index contributed by atoms with van der Waals surface area (Å²) in [7, 11) is 1.73. The predicted molar refractivity (Wildman–Crippen MR) is 67.4 cm³/mol. The summed E-state index contributed by atoms with van der Waals surface area (Å²) in [6, 6.07) is 7.25. The molecule has 16 heavy (non-hydrogen) atoms. The second kappa shape index (κ2) is 5.47. The fourth-order valence-electron chi connectivity index (χ4n) is 1.42. The zero-order valence-electron chi connectivity index (χ0n) is 9.81. The first-order chi connectivity index (χ1) is 7.56. The number of likely N-dealkylation sites (N-methyl/N-ethyl adjacent to an activating group) is 1. The number of benzene rings is 1. The topological polar surface area (TPSA) is 46.3 Å². The van der Waals surface area contributed by atoms with Gasteiger partial charge in [-0.05, 0) is 25.5 Å². The third-order valence-corrected chi connectivity index (χ3v) is 2.49. The standard InChI is InChI=1S/C13H18N2O/c1-4-5-12(14)13(16)15(3)11-8-6-10(2)7-9-11/h4,6-9,12H,1,5,14H2,2-3H3. The molecule has 0 heterocycles. The number of anilines is 1. The Hall–Kier alpha value is -1.61. The van der Waals surface area contributed by atoms with Gasteiger partial charge in [-0.15, -0.1) is 6.58 Å². The van der Waals surface area contributed by atoms with E-state index in [1.165, 1.54) is 5.56 Å². The number of carbonyl (C=O) groups excluding carboxylic acids is 1. The van der Waals surface area contributed by atoms with Crippen molar-refractivity contribution >= 4 is 11.6 Å². The summed E-state index contributed by atoms with van der Waals surface area (Å²) in [6.45, 7) is 5.58. The molecule has 0 fully saturated rings. The van der Waals surface area contributed by atoms with Crippen molar-refractivity contribution in [3.8, 4) is 0 Å². The molecule has 86 valence electrons. The molecule has 1 atom stereocenters. The van der Waals surface area contributed by atoms with Crippen molar-refractivity contribution in [2.75, 3.05) is 11.9 Å². The Morgan fingerprint density at radius 2 is 2.06 bits per heavy atom. The van der Waals surface area contributed by atoms with E-state index in [0.29, 0.717) is 6.42 Å². The third kappa shape index (κ3) is 2.94. The number of aryl methyl sites for hydroxylation is 1. The van der Waals surface area contributed by atoms with Crippen LogP contribution in [0.3, 0.4) is 0 Å². The molecule has 1 amide bonds. The van der Waals surface area contributed by atoms with Gasteiger partial charge >= 0.3 is 0 Å². The molecule has 0 radical (unpaired) electrons. The summed E-state index contributed by atoms with van der Waals surface area (Å²) in [5.41, 5.74) is 7.76. The number of hydrogen-bond donors (Lipinski definition) is 1. The summed E-state index contributed by atoms with van der Waals surface area (Å²) in [5.74, 6) is -0.0937. The minimum atomic E-state index is -0.510. The van der Waals surface area contributed by atoms with E-state index in [4.69, 9.17) is 5.73 Å². The Morgan fingerprint density at radius 1 is 1.50 bits per heavy atom. The first kappa shape index (κ1) is 12.5. The van der Waals surface area contributed by atoms with Gasteiger partial charge in [-0.2, -0.15) is 0 Å². The molecule has 3 heteroatoms. The van der Waals surface area contributed by atoms with Crippen LogP contribution in [0.2, 0.25) is 0 Å². The van der Waals surface area contributed by atoms with Crippen LogP contribution >= 0.6 is 0 Å². The lowest BCUT2D eigenvalue weighted by Gasteiger charge is -2.20. The van der Waals surface area contributed by atoms with Crippen LogP contribution in [0.1, 0.15) is 12.0 Å². The van der Waals surface area contributed by atoms with E-state index in [0.717, 1.165) is 5.69 Å². The van der Waals surface area contributed by atoms with Gasteiger partial charge in [-0.3, -0.25) is 4.79 Å². The second-order valence-corrected chi connectivity index (χ2v) is 3.86. The molecule has 1 rings (SSSR count). The minimum absolute atomic E-state index is 0.0937. The van der Waals surface area contributed by atoms with Crippen LogP contribution in [-0.4, -0.2) is 19.0 Å². The van der Waals surface area contributed by atoms with Crippen LogP contribution in [0, 0.1) is 6.92 Å². The van der Waals surface area contributed by atoms with Gasteiger partial charge in [0.25, 0.3) is 0 Å². The normalized spacial score (nSPS) is 11.9. The SMILES string of the molecule is C=CCC(N)C(=O)N(C)c1ccc(C)cc1. The van der Waals surface area contributed by atoms with Crippen LogP contribution in [-0.2, 0) is 4.79 Å². The summed E-state index contributed by atoms with van der Waals surface area (Å²) in [6.07, 6.45) is 2.15. The molecule has 1 aromatic carbocycles. The molecule has 0 aliphatic rings. The van der Waals surface area contributed by atoms with Crippen LogP contribution in [0.15, 0.2) is 36.9 Å². The molecule has 1 aromatic rings. The highest BCUT2D eigenvalue weighted by molar-refractivity contribution is 5.96. The maximum atomic E-state index is 11.9. The second-order valence-electron chi connectivity index (χ2n) is 3.86. The lowest BCUT2D eigenvalue weighted by molar-refractivity contribution is -0.119. The van der Waals surface area contributed by atoms with E-state index in [1.807, 2.05) is 31.2 Å². The van der Waals surface area contributed by atoms with E-state index in [-0.39, 0.29) is 5.91 Å². The first-order valence-electron chi connectivity index (χ1n) is 5.27. The van der Waals surface area contributed by atoms with Crippen LogP contribution in [0.5, 0.6) is 0 Å². The number of nitrogens with zero attached hydrogens (tertiary/aromatic N) is 1. The molecule has 0 aliphatic carbocycles. The van der Waals surface area contributed by atoms with Gasteiger partial charge in [-0.1, -0.05) is 23.8 Å². The van der Waals surface area contributed by atoms with Gasteiger partial charge in [0.2, 0.25) is 5.91 Å². The molecule has 2 N–H and O–H groups in total. The predicted octanol–water partition coefficient (Wildman–Crippen LogP) is 1.86. The van der Waals surface area contributed by atoms with Gasteiger partial charge in [0.05, 0.1) is 6.04 Å². The van der Waals surface area contributed by atoms with Crippen molar-refractivity contribution in [3.63, 3.8) is 0 Å². The minimum Gasteiger partial charge on any atom is -0.320 e. The Labute approximate surface area is 96.6 Å². The molecule has 0 aliphatic heterocycles. The first-order valence-corrected chi connectivity index (χ1v) is 5.27. The average Bonchev–Trinajstić information content (AvgIpc) is 2.28. The van der Waals surface area contributed by atoms with Crippen molar-refractivity contribution in [1.29, 1.82) is 0 Å². The Morgan fingerprint density at radius 3 is 2.56 bits per heavy atom. The third-order valence-electron chi connectivity index (χ3n) is 2.49. The largest absolute Gasteiger partial charge is 0.320 e. The number of carbonyl (C=O) groups is 1. The monoisotopic (exact) mass is 218 g/mol. The Bertz CT molecular complexity index is 370. The van der Waals surface area contributed by atoms with Crippen molar-refractivity contribution in [2.24, 2.45) is 5.73 Å². The number of rotatable bonds is 4. The highest BCUT2D eigenvalue weighted by Crippen LogP contribution is 2.14.